The van der Waals surface area contributed by atoms with E-state index in [2.05, 4.69) is 30.6 Å². The number of hydrogen-bond acceptors (Lipinski definition) is 9. The molecule has 3 atom stereocenters. The number of aliphatic hydroxyl groups is 1. The van der Waals surface area contributed by atoms with Crippen molar-refractivity contribution in [3.63, 3.8) is 0 Å². The summed E-state index contributed by atoms with van der Waals surface area (Å²) in [5.41, 5.74) is 3.36. The van der Waals surface area contributed by atoms with Crippen molar-refractivity contribution in [1.82, 2.24) is 39.8 Å². The van der Waals surface area contributed by atoms with Crippen LogP contribution >= 0.6 is 11.6 Å². The minimum Gasteiger partial charge on any atom is -0.479 e. The van der Waals surface area contributed by atoms with Crippen molar-refractivity contribution in [2.75, 3.05) is 32.9 Å². The lowest BCUT2D eigenvalue weighted by Crippen LogP contribution is -2.65. The van der Waals surface area contributed by atoms with E-state index in [-0.39, 0.29) is 6.61 Å². The van der Waals surface area contributed by atoms with Crippen molar-refractivity contribution >= 4 is 17.1 Å². The zero-order chi connectivity index (χ0) is 27.4. The number of aliphatic hydroxyl groups excluding tert-OH is 1. The molecule has 0 aromatic carbocycles. The number of piperazine rings is 1. The summed E-state index contributed by atoms with van der Waals surface area (Å²) in [4.78, 5) is 6.67. The Hall–Kier alpha value is -3.16. The van der Waals surface area contributed by atoms with E-state index in [0.29, 0.717) is 46.2 Å². The maximum absolute atomic E-state index is 13.4. The zero-order valence-electron chi connectivity index (χ0n) is 22.0. The summed E-state index contributed by atoms with van der Waals surface area (Å²) in [5.74, 6) is -0.0684. The van der Waals surface area contributed by atoms with E-state index >= 15 is 0 Å². The predicted molar refractivity (Wildman–Crippen MR) is 144 cm³/mol. The van der Waals surface area contributed by atoms with Gasteiger partial charge in [0, 0.05) is 43.0 Å². The molecule has 1 saturated carbocycles. The van der Waals surface area contributed by atoms with Crippen LogP contribution in [0.25, 0.3) is 16.8 Å². The molecule has 40 heavy (non-hydrogen) atoms. The number of fused-ring (bicyclic) bond motifs is 3. The Balaban J connectivity index is 1.13. The Bertz CT molecular complexity index is 1510. The van der Waals surface area contributed by atoms with Gasteiger partial charge in [0.05, 0.1) is 54.7 Å². The van der Waals surface area contributed by atoms with Gasteiger partial charge in [0.1, 0.15) is 22.8 Å². The third kappa shape index (κ3) is 4.63. The molecule has 1 unspecified atom stereocenters. The van der Waals surface area contributed by atoms with Gasteiger partial charge < -0.3 is 19.9 Å². The van der Waals surface area contributed by atoms with Crippen LogP contribution in [0.5, 0.6) is 5.75 Å². The molecular formula is C27H30ClFN8O3. The summed E-state index contributed by atoms with van der Waals surface area (Å²) in [6.07, 6.45) is 5.71. The first-order valence-corrected chi connectivity index (χ1v) is 13.9. The highest BCUT2D eigenvalue weighted by molar-refractivity contribution is 6.34. The van der Waals surface area contributed by atoms with Crippen LogP contribution in [0, 0.1) is 12.7 Å². The molecule has 13 heteroatoms. The highest BCUT2D eigenvalue weighted by Gasteiger charge is 2.41. The van der Waals surface area contributed by atoms with Crippen molar-refractivity contribution in [2.45, 2.75) is 50.0 Å². The van der Waals surface area contributed by atoms with Gasteiger partial charge >= 0.3 is 0 Å². The van der Waals surface area contributed by atoms with Crippen molar-refractivity contribution in [3.8, 4) is 17.0 Å². The summed E-state index contributed by atoms with van der Waals surface area (Å²) in [5, 5.41) is 27.5. The Morgan fingerprint density at radius 3 is 2.73 bits per heavy atom. The third-order valence-corrected chi connectivity index (χ3v) is 8.49. The SMILES string of the molecule is Cc1c(-c2cc(OC(CO)c3ccc(F)cn3)c3c(Cl)cnn3c2)nnn1C1CC(N2C[C@H]3COC[C@H](C2)N3)C1. The largest absolute Gasteiger partial charge is 0.479 e. The molecule has 2 N–H and O–H groups in total. The first kappa shape index (κ1) is 25.8. The average Bonchev–Trinajstić information content (AvgIpc) is 3.49. The number of halogens is 2. The molecule has 0 amide bonds. The lowest BCUT2D eigenvalue weighted by atomic mass is 9.84. The first-order chi connectivity index (χ1) is 19.5. The van der Waals surface area contributed by atoms with Crippen LogP contribution in [0.2, 0.25) is 5.02 Å². The maximum atomic E-state index is 13.4. The highest BCUT2D eigenvalue weighted by Crippen LogP contribution is 2.39. The smallest absolute Gasteiger partial charge is 0.163 e. The molecule has 2 saturated heterocycles. The van der Waals surface area contributed by atoms with Crippen LogP contribution in [0.15, 0.2) is 36.8 Å². The number of rotatable bonds is 7. The first-order valence-electron chi connectivity index (χ1n) is 13.5. The topological polar surface area (TPSA) is 115 Å². The molecule has 4 aromatic rings. The Labute approximate surface area is 234 Å². The second kappa shape index (κ2) is 10.3. The van der Waals surface area contributed by atoms with Crippen LogP contribution in [-0.4, -0.2) is 90.6 Å². The summed E-state index contributed by atoms with van der Waals surface area (Å²) < 4.78 is 28.9. The van der Waals surface area contributed by atoms with Gasteiger partial charge in [0.2, 0.25) is 0 Å². The number of nitrogens with one attached hydrogen (secondary N) is 1. The zero-order valence-corrected chi connectivity index (χ0v) is 22.7. The van der Waals surface area contributed by atoms with Gasteiger partial charge in [-0.1, -0.05) is 16.8 Å². The number of hydrogen-bond donors (Lipinski definition) is 2. The van der Waals surface area contributed by atoms with Crippen molar-refractivity contribution in [1.29, 1.82) is 0 Å². The van der Waals surface area contributed by atoms with Crippen molar-refractivity contribution < 1.29 is 19.0 Å². The van der Waals surface area contributed by atoms with Crippen LogP contribution in [0.1, 0.15) is 36.4 Å². The van der Waals surface area contributed by atoms with E-state index < -0.39 is 11.9 Å². The van der Waals surface area contributed by atoms with Gasteiger partial charge in [-0.15, -0.1) is 5.10 Å². The van der Waals surface area contributed by atoms with Crippen LogP contribution in [-0.2, 0) is 4.74 Å². The molecule has 11 nitrogen and oxygen atoms in total. The fourth-order valence-electron chi connectivity index (χ4n) is 6.13. The standard InChI is InChI=1S/C27H30ClFN8O3/c1-15-26(33-34-37(15)21-5-20(6-21)35-10-18-13-39-14-19(11-35)32-18)16-4-24(27-22(28)8-31-36(27)9-16)40-25(12-38)23-3-2-17(29)7-30-23/h2-4,7-9,18-21,25,32,38H,5-6,10-14H2,1H3/t18-,19-,20?,21?,25?/m0/s1. The monoisotopic (exact) mass is 568 g/mol. The second-order valence-electron chi connectivity index (χ2n) is 10.9. The average molecular weight is 569 g/mol. The molecule has 7 rings (SSSR count). The van der Waals surface area contributed by atoms with Gasteiger partial charge in [-0.25, -0.2) is 13.6 Å². The minimum atomic E-state index is -0.828. The summed E-state index contributed by atoms with van der Waals surface area (Å²) >= 11 is 6.44. The van der Waals surface area contributed by atoms with Crippen molar-refractivity contribution in [3.05, 3.63) is 59.0 Å². The van der Waals surface area contributed by atoms with Gasteiger partial charge in [-0.2, -0.15) is 5.10 Å². The predicted octanol–water partition coefficient (Wildman–Crippen LogP) is 2.58. The van der Waals surface area contributed by atoms with E-state index in [1.807, 2.05) is 23.9 Å². The molecular weight excluding hydrogens is 539 g/mol. The number of ether oxygens (including phenoxy) is 2. The van der Waals surface area contributed by atoms with Crippen molar-refractivity contribution in [2.24, 2.45) is 0 Å². The number of morpholine rings is 1. The molecule has 210 valence electrons. The highest BCUT2D eigenvalue weighted by atomic mass is 35.5. The molecule has 1 aliphatic carbocycles. The quantitative estimate of drug-likeness (QED) is 0.347. The minimum absolute atomic E-state index is 0.291. The van der Waals surface area contributed by atoms with E-state index in [4.69, 9.17) is 21.1 Å². The second-order valence-corrected chi connectivity index (χ2v) is 11.3. The van der Waals surface area contributed by atoms with Crippen LogP contribution in [0.4, 0.5) is 4.39 Å². The maximum Gasteiger partial charge on any atom is 0.163 e. The van der Waals surface area contributed by atoms with Crippen LogP contribution < -0.4 is 10.1 Å². The molecule has 3 aliphatic rings. The lowest BCUT2D eigenvalue weighted by Gasteiger charge is -2.50. The molecule has 4 aromatic heterocycles. The van der Waals surface area contributed by atoms with Gasteiger partial charge in [-0.3, -0.25) is 9.88 Å². The number of aromatic nitrogens is 6. The fraction of sp³-hybridized carbons (Fsp3) is 0.481. The molecule has 0 radical (unpaired) electrons. The van der Waals surface area contributed by atoms with E-state index in [1.54, 1.807) is 4.52 Å². The third-order valence-electron chi connectivity index (χ3n) is 8.22. The molecule has 3 fully saturated rings. The molecule has 2 aliphatic heterocycles. The molecule has 2 bridgehead atoms. The Morgan fingerprint density at radius 2 is 2.00 bits per heavy atom. The number of nitrogens with zero attached hydrogens (tertiary/aromatic N) is 7. The fourth-order valence-corrected chi connectivity index (χ4v) is 6.36. The Morgan fingerprint density at radius 1 is 1.20 bits per heavy atom. The normalized spacial score (nSPS) is 25.6. The number of pyridine rings is 2. The summed E-state index contributed by atoms with van der Waals surface area (Å²) in [7, 11) is 0. The van der Waals surface area contributed by atoms with Gasteiger partial charge in [0.25, 0.3) is 0 Å². The summed E-state index contributed by atoms with van der Waals surface area (Å²) in [6.45, 7) is 5.27. The van der Waals surface area contributed by atoms with E-state index in [0.717, 1.165) is 62.3 Å². The van der Waals surface area contributed by atoms with E-state index in [9.17, 15) is 9.50 Å². The van der Waals surface area contributed by atoms with Gasteiger partial charge in [0.15, 0.2) is 6.10 Å². The Kier molecular flexibility index (Phi) is 6.67. The van der Waals surface area contributed by atoms with E-state index in [1.165, 1.54) is 18.3 Å². The van der Waals surface area contributed by atoms with Gasteiger partial charge in [-0.05, 0) is 38.0 Å². The molecule has 0 spiro atoms. The summed E-state index contributed by atoms with van der Waals surface area (Å²) in [6, 6.07) is 6.25. The van der Waals surface area contributed by atoms with Crippen LogP contribution in [0.3, 0.4) is 0 Å². The lowest BCUT2D eigenvalue weighted by molar-refractivity contribution is -0.0386. The molecule has 6 heterocycles.